The summed E-state index contributed by atoms with van der Waals surface area (Å²) in [5, 5.41) is 62.3. The molecule has 0 saturated carbocycles. The van der Waals surface area contributed by atoms with Gasteiger partial charge in [-0.3, -0.25) is 0 Å². The summed E-state index contributed by atoms with van der Waals surface area (Å²) in [6.07, 6.45) is 0. The van der Waals surface area contributed by atoms with Crippen LogP contribution in [0.25, 0.3) is 214 Å². The standard InChI is InChI=1S/C102H55N9O/c103-56-68-46-71(59-106)98(54-95(68)108-86-27-13-9-23-76(86)81-49-63(34-40-89(81)108)62-33-39-88-80(48-62)75-22-8-12-26-85(75)107(88)72-18-2-1-3-19-72)111-92-43-37-66(52-84(92)102-74-21-7-5-17-61(74)32-45-94(102)111)64-35-41-90-82(50-64)83-51-65(67-30-38-78-77-24-11-15-29-99(77)112-100(78)53-67)36-42-91(83)109(90)96-55-97(70(58-105)47-69(96)57-104)110-87-28-14-10-25-79(87)101-73-20-6-4-16-60(73)31-44-93(101)110/h1-55H. The number of fused-ring (bicyclic) bond motifs is 22. The number of benzene rings is 17. The highest BCUT2D eigenvalue weighted by molar-refractivity contribution is 6.24. The SMILES string of the molecule is N#Cc1cc(C#N)c(-n2c3ccccc3c3c4ccccc4ccc32)cc1-n1c2ccc(-c3ccc4c(c3)oc3ccccc34)cc2c2cc(-c3ccc4c(c3)c3c5ccccc5ccc3n4-c3cc(-n4c5ccccc5c5cc(-c6ccc7c(c6)c6ccccc6n7-c6ccccc6)ccc54)c(C#N)cc3C#N)ccc21. The van der Waals surface area contributed by atoms with Gasteiger partial charge in [0.05, 0.1) is 100 Å². The van der Waals surface area contributed by atoms with Crippen LogP contribution in [0.5, 0.6) is 0 Å². The van der Waals surface area contributed by atoms with E-state index in [4.69, 9.17) is 4.42 Å². The van der Waals surface area contributed by atoms with Crippen molar-refractivity contribution in [2.45, 2.75) is 0 Å². The minimum Gasteiger partial charge on any atom is -0.456 e. The first-order valence-corrected chi connectivity index (χ1v) is 37.3. The lowest BCUT2D eigenvalue weighted by atomic mass is 9.98. The van der Waals surface area contributed by atoms with Crippen LogP contribution >= 0.6 is 0 Å². The number of furan rings is 1. The van der Waals surface area contributed by atoms with Crippen molar-refractivity contribution < 1.29 is 4.42 Å². The van der Waals surface area contributed by atoms with Gasteiger partial charge in [0.1, 0.15) is 35.4 Å². The number of hydrogen-bond donors (Lipinski definition) is 0. The van der Waals surface area contributed by atoms with E-state index in [-0.39, 0.29) is 0 Å². The van der Waals surface area contributed by atoms with E-state index in [1.165, 1.54) is 10.8 Å². The van der Waals surface area contributed by atoms with Gasteiger partial charge in [0.2, 0.25) is 0 Å². The summed E-state index contributed by atoms with van der Waals surface area (Å²) in [6, 6.07) is 127. The molecule has 0 fully saturated rings. The number of para-hydroxylation sites is 5. The quantitative estimate of drug-likeness (QED) is 0.149. The van der Waals surface area contributed by atoms with Crippen LogP contribution in [-0.4, -0.2) is 22.8 Å². The smallest absolute Gasteiger partial charge is 0.136 e. The molecule has 0 amide bonds. The van der Waals surface area contributed by atoms with Crippen LogP contribution in [0.1, 0.15) is 22.3 Å². The van der Waals surface area contributed by atoms with Crippen LogP contribution in [0.4, 0.5) is 0 Å². The number of nitriles is 4. The molecule has 0 aliphatic carbocycles. The molecule has 0 unspecified atom stereocenters. The molecule has 0 radical (unpaired) electrons. The summed E-state index contributed by atoms with van der Waals surface area (Å²) in [4.78, 5) is 0. The predicted molar refractivity (Wildman–Crippen MR) is 456 cm³/mol. The molecule has 0 spiro atoms. The van der Waals surface area contributed by atoms with Gasteiger partial charge >= 0.3 is 0 Å². The summed E-state index contributed by atoms with van der Waals surface area (Å²) in [7, 11) is 0. The summed E-state index contributed by atoms with van der Waals surface area (Å²) >= 11 is 0. The molecule has 23 aromatic rings. The Kier molecular flexibility index (Phi) is 13.2. The second kappa shape index (κ2) is 23.8. The maximum Gasteiger partial charge on any atom is 0.136 e. The zero-order chi connectivity index (χ0) is 74.1. The molecule has 514 valence electrons. The van der Waals surface area contributed by atoms with Gasteiger partial charge in [-0.05, 0) is 201 Å². The highest BCUT2D eigenvalue weighted by Crippen LogP contribution is 2.47. The zero-order valence-corrected chi connectivity index (χ0v) is 59.7. The number of nitrogens with zero attached hydrogens (tertiary/aromatic N) is 9. The van der Waals surface area contributed by atoms with E-state index in [1.54, 1.807) is 12.1 Å². The third-order valence-electron chi connectivity index (χ3n) is 23.4. The van der Waals surface area contributed by atoms with E-state index in [0.29, 0.717) is 45.0 Å². The molecule has 6 heterocycles. The van der Waals surface area contributed by atoms with Crippen molar-refractivity contribution in [2.75, 3.05) is 0 Å². The number of rotatable bonds is 8. The fraction of sp³-hybridized carbons (Fsp3) is 0. The van der Waals surface area contributed by atoms with E-state index in [2.05, 4.69) is 326 Å². The Morgan fingerprint density at radius 1 is 0.196 bits per heavy atom. The average molecular weight is 1420 g/mol. The van der Waals surface area contributed by atoms with Crippen LogP contribution in [-0.2, 0) is 0 Å². The van der Waals surface area contributed by atoms with E-state index in [9.17, 15) is 21.0 Å². The molecule has 10 heteroatoms. The maximum absolute atomic E-state index is 11.4. The van der Waals surface area contributed by atoms with Gasteiger partial charge in [-0.25, -0.2) is 0 Å². The average Bonchev–Trinajstić information content (AvgIpc) is 1.59. The first-order valence-electron chi connectivity index (χ1n) is 37.3. The highest BCUT2D eigenvalue weighted by Gasteiger charge is 2.27. The molecule has 10 nitrogen and oxygen atoms in total. The van der Waals surface area contributed by atoms with E-state index in [0.717, 1.165) is 181 Å². The summed E-state index contributed by atoms with van der Waals surface area (Å²) in [5.74, 6) is 0. The summed E-state index contributed by atoms with van der Waals surface area (Å²) in [6.45, 7) is 0. The normalized spacial score (nSPS) is 11.9. The van der Waals surface area contributed by atoms with Gasteiger partial charge in [-0.15, -0.1) is 0 Å². The van der Waals surface area contributed by atoms with Crippen molar-refractivity contribution in [2.24, 2.45) is 0 Å². The Morgan fingerprint density at radius 2 is 0.509 bits per heavy atom. The lowest BCUT2D eigenvalue weighted by Crippen LogP contribution is -2.04. The second-order valence-corrected chi connectivity index (χ2v) is 29.1. The largest absolute Gasteiger partial charge is 0.456 e. The van der Waals surface area contributed by atoms with Gasteiger partial charge in [-0.2, -0.15) is 21.0 Å². The fourth-order valence-corrected chi connectivity index (χ4v) is 18.4. The van der Waals surface area contributed by atoms with Crippen LogP contribution in [0.15, 0.2) is 338 Å². The summed E-state index contributed by atoms with van der Waals surface area (Å²) < 4.78 is 17.6. The van der Waals surface area contributed by atoms with Crippen LogP contribution in [0.2, 0.25) is 0 Å². The molecule has 0 aliphatic rings. The van der Waals surface area contributed by atoms with Crippen LogP contribution in [0, 0.1) is 45.3 Å². The topological polar surface area (TPSA) is 133 Å². The Labute approximate surface area is 638 Å². The molecule has 0 aliphatic heterocycles. The third-order valence-corrected chi connectivity index (χ3v) is 23.4. The van der Waals surface area contributed by atoms with Crippen molar-refractivity contribution in [1.29, 1.82) is 21.0 Å². The molecular weight excluding hydrogens is 1370 g/mol. The predicted octanol–water partition coefficient (Wildman–Crippen LogP) is 25.9. The fourth-order valence-electron chi connectivity index (χ4n) is 18.4. The van der Waals surface area contributed by atoms with Gasteiger partial charge < -0.3 is 27.3 Å². The van der Waals surface area contributed by atoms with Gasteiger partial charge in [-0.1, -0.05) is 188 Å². The lowest BCUT2D eigenvalue weighted by molar-refractivity contribution is 0.669. The zero-order valence-electron chi connectivity index (χ0n) is 59.7. The van der Waals surface area contributed by atoms with Gasteiger partial charge in [0.25, 0.3) is 0 Å². The third kappa shape index (κ3) is 8.92. The molecular formula is C102H55N9O. The first-order chi connectivity index (χ1) is 55.4. The maximum atomic E-state index is 11.4. The number of aromatic nitrogens is 5. The molecule has 0 N–H and O–H groups in total. The molecule has 0 bridgehead atoms. The van der Waals surface area contributed by atoms with E-state index in [1.807, 2.05) is 42.5 Å². The minimum absolute atomic E-state index is 0.357. The summed E-state index contributed by atoms with van der Waals surface area (Å²) in [5.41, 5.74) is 22.5. The van der Waals surface area contributed by atoms with Crippen LogP contribution < -0.4 is 0 Å². The van der Waals surface area contributed by atoms with Crippen LogP contribution in [0.3, 0.4) is 0 Å². The Balaban J connectivity index is 0.708. The Bertz CT molecular complexity index is 8330. The van der Waals surface area contributed by atoms with Crippen molar-refractivity contribution in [3.8, 4) is 86.1 Å². The van der Waals surface area contributed by atoms with Gasteiger partial charge in [0.15, 0.2) is 0 Å². The lowest BCUT2D eigenvalue weighted by Gasteiger charge is -2.16. The van der Waals surface area contributed by atoms with Crippen molar-refractivity contribution in [1.82, 2.24) is 22.8 Å². The Morgan fingerprint density at radius 3 is 0.991 bits per heavy atom. The van der Waals surface area contributed by atoms with Crippen molar-refractivity contribution in [3.05, 3.63) is 356 Å². The molecule has 6 aromatic heterocycles. The van der Waals surface area contributed by atoms with Crippen molar-refractivity contribution in [3.63, 3.8) is 0 Å². The van der Waals surface area contributed by atoms with E-state index >= 15 is 0 Å². The monoisotopic (exact) mass is 1420 g/mol. The minimum atomic E-state index is 0.357. The van der Waals surface area contributed by atoms with Crippen molar-refractivity contribution >= 4 is 153 Å². The molecule has 0 saturated heterocycles. The Hall–Kier alpha value is -16.0. The highest BCUT2D eigenvalue weighted by atomic mass is 16.3. The second-order valence-electron chi connectivity index (χ2n) is 29.1. The molecule has 23 rings (SSSR count). The van der Waals surface area contributed by atoms with Gasteiger partial charge in [0, 0.05) is 70.3 Å². The molecule has 112 heavy (non-hydrogen) atoms. The first kappa shape index (κ1) is 62.2. The molecule has 17 aromatic carbocycles. The van der Waals surface area contributed by atoms with E-state index < -0.39 is 0 Å². The molecule has 0 atom stereocenters. The number of hydrogen-bond acceptors (Lipinski definition) is 5.